The minimum Gasteiger partial charge on any atom is -0.493 e. The van der Waals surface area contributed by atoms with Gasteiger partial charge in [0.1, 0.15) is 5.75 Å². The van der Waals surface area contributed by atoms with Crippen molar-refractivity contribution < 1.29 is 13.5 Å². The Morgan fingerprint density at radius 1 is 1.43 bits per heavy atom. The van der Waals surface area contributed by atoms with Crippen molar-refractivity contribution in [1.82, 2.24) is 0 Å². The summed E-state index contributed by atoms with van der Waals surface area (Å²) in [4.78, 5) is 0. The van der Waals surface area contributed by atoms with Crippen LogP contribution in [0.4, 0.5) is 8.78 Å². The lowest BCUT2D eigenvalue weighted by Crippen LogP contribution is -2.20. The van der Waals surface area contributed by atoms with Gasteiger partial charge >= 0.3 is 0 Å². The van der Waals surface area contributed by atoms with Gasteiger partial charge < -0.3 is 10.5 Å². The molecule has 1 aromatic carbocycles. The van der Waals surface area contributed by atoms with Gasteiger partial charge in [-0.15, -0.1) is 0 Å². The highest BCUT2D eigenvalue weighted by Gasteiger charge is 2.20. The van der Waals surface area contributed by atoms with Crippen LogP contribution in [0.25, 0.3) is 0 Å². The molecule has 0 saturated heterocycles. The maximum Gasteiger partial charge on any atom is 0.263 e. The molecule has 1 aromatic rings. The highest BCUT2D eigenvalue weighted by atomic mass is 19.3. The van der Waals surface area contributed by atoms with Gasteiger partial charge in [-0.1, -0.05) is 0 Å². The third-order valence-electron chi connectivity index (χ3n) is 2.37. The number of hydrogen-bond acceptors (Lipinski definition) is 2. The van der Waals surface area contributed by atoms with Gasteiger partial charge in [0.2, 0.25) is 0 Å². The minimum atomic E-state index is -2.45. The Morgan fingerprint density at radius 3 is 2.93 bits per heavy atom. The van der Waals surface area contributed by atoms with E-state index >= 15 is 0 Å². The highest BCUT2D eigenvalue weighted by molar-refractivity contribution is 5.40. The Kier molecular flexibility index (Phi) is 2.37. The van der Waals surface area contributed by atoms with Gasteiger partial charge in [0.05, 0.1) is 6.61 Å². The number of nitrogens with two attached hydrogens (primary N) is 1. The zero-order valence-corrected chi connectivity index (χ0v) is 7.54. The number of alkyl halides is 2. The summed E-state index contributed by atoms with van der Waals surface area (Å²) in [5.41, 5.74) is 6.48. The third-order valence-corrected chi connectivity index (χ3v) is 2.37. The van der Waals surface area contributed by atoms with Gasteiger partial charge in [-0.05, 0) is 18.2 Å². The summed E-state index contributed by atoms with van der Waals surface area (Å²) in [6, 6.07) is 4.19. The summed E-state index contributed by atoms with van der Waals surface area (Å²) in [5, 5.41) is 0. The molecule has 76 valence electrons. The number of halogens is 2. The van der Waals surface area contributed by atoms with Crippen LogP contribution in [0.2, 0.25) is 0 Å². The van der Waals surface area contributed by atoms with E-state index in [1.807, 2.05) is 0 Å². The van der Waals surface area contributed by atoms with Crippen LogP contribution in [0.1, 0.15) is 30.0 Å². The van der Waals surface area contributed by atoms with Crippen LogP contribution in [0.3, 0.4) is 0 Å². The molecule has 0 radical (unpaired) electrons. The predicted molar refractivity (Wildman–Crippen MR) is 48.4 cm³/mol. The first-order chi connectivity index (χ1) is 6.68. The monoisotopic (exact) mass is 199 g/mol. The third kappa shape index (κ3) is 1.57. The Morgan fingerprint density at radius 2 is 2.21 bits per heavy atom. The fourth-order valence-electron chi connectivity index (χ4n) is 1.58. The number of benzene rings is 1. The van der Waals surface area contributed by atoms with E-state index in [2.05, 4.69) is 0 Å². The lowest BCUT2D eigenvalue weighted by Gasteiger charge is -2.23. The molecular formula is C10H11F2NO. The second kappa shape index (κ2) is 3.53. The molecule has 0 saturated carbocycles. The standard InChI is InChI=1S/C10H11F2NO/c11-10(12)6-1-2-9-7(5-6)8(13)3-4-14-9/h1-2,5,8,10H,3-4,13H2/t8-/m0/s1. The maximum absolute atomic E-state index is 12.4. The Bertz CT molecular complexity index is 341. The molecule has 0 bridgehead atoms. The number of rotatable bonds is 1. The fraction of sp³-hybridized carbons (Fsp3) is 0.400. The molecule has 0 unspecified atom stereocenters. The lowest BCUT2D eigenvalue weighted by atomic mass is 9.99. The summed E-state index contributed by atoms with van der Waals surface area (Å²) in [7, 11) is 0. The predicted octanol–water partition coefficient (Wildman–Crippen LogP) is 2.41. The van der Waals surface area contributed by atoms with E-state index in [1.165, 1.54) is 12.1 Å². The number of hydrogen-bond donors (Lipinski definition) is 1. The van der Waals surface area contributed by atoms with Crippen molar-refractivity contribution >= 4 is 0 Å². The molecule has 1 aliphatic heterocycles. The van der Waals surface area contributed by atoms with Gasteiger partial charge in [-0.2, -0.15) is 0 Å². The first-order valence-corrected chi connectivity index (χ1v) is 4.49. The van der Waals surface area contributed by atoms with Crippen LogP contribution in [0.15, 0.2) is 18.2 Å². The molecule has 2 nitrogen and oxygen atoms in total. The summed E-state index contributed by atoms with van der Waals surface area (Å²) >= 11 is 0. The minimum absolute atomic E-state index is 0.00435. The topological polar surface area (TPSA) is 35.2 Å². The lowest BCUT2D eigenvalue weighted by molar-refractivity contribution is 0.151. The summed E-state index contributed by atoms with van der Waals surface area (Å²) in [6.07, 6.45) is -1.77. The van der Waals surface area contributed by atoms with Crippen molar-refractivity contribution in [3.05, 3.63) is 29.3 Å². The second-order valence-corrected chi connectivity index (χ2v) is 3.34. The summed E-state index contributed by atoms with van der Waals surface area (Å²) < 4.78 is 30.1. The molecule has 0 spiro atoms. The normalized spacial score (nSPS) is 20.4. The average molecular weight is 199 g/mol. The summed E-state index contributed by atoms with van der Waals surface area (Å²) in [5.74, 6) is 0.633. The largest absolute Gasteiger partial charge is 0.493 e. The molecule has 2 rings (SSSR count). The van der Waals surface area contributed by atoms with Crippen molar-refractivity contribution in [3.8, 4) is 5.75 Å². The zero-order valence-electron chi connectivity index (χ0n) is 7.54. The highest BCUT2D eigenvalue weighted by Crippen LogP contribution is 2.33. The van der Waals surface area contributed by atoms with E-state index in [4.69, 9.17) is 10.5 Å². The molecule has 1 heterocycles. The summed E-state index contributed by atoms with van der Waals surface area (Å²) in [6.45, 7) is 0.558. The first kappa shape index (κ1) is 9.40. The second-order valence-electron chi connectivity index (χ2n) is 3.34. The van der Waals surface area contributed by atoms with Crippen LogP contribution in [-0.4, -0.2) is 6.61 Å². The van der Waals surface area contributed by atoms with E-state index in [0.29, 0.717) is 24.3 Å². The van der Waals surface area contributed by atoms with Crippen molar-refractivity contribution in [2.24, 2.45) is 5.73 Å². The zero-order chi connectivity index (χ0) is 10.1. The van der Waals surface area contributed by atoms with E-state index in [0.717, 1.165) is 0 Å². The molecule has 0 fully saturated rings. The maximum atomic E-state index is 12.4. The van der Waals surface area contributed by atoms with Crippen molar-refractivity contribution in [2.45, 2.75) is 18.9 Å². The molecule has 4 heteroatoms. The van der Waals surface area contributed by atoms with Gasteiger partial charge in [0.15, 0.2) is 0 Å². The SMILES string of the molecule is N[C@H]1CCOc2ccc(C(F)F)cc21. The van der Waals surface area contributed by atoms with Crippen LogP contribution < -0.4 is 10.5 Å². The molecule has 14 heavy (non-hydrogen) atoms. The Hall–Kier alpha value is -1.16. The van der Waals surface area contributed by atoms with Gasteiger partial charge in [0.25, 0.3) is 6.43 Å². The molecule has 0 aromatic heterocycles. The van der Waals surface area contributed by atoms with E-state index < -0.39 is 6.43 Å². The molecule has 1 atom stereocenters. The van der Waals surface area contributed by atoms with E-state index in [9.17, 15) is 8.78 Å². The number of fused-ring (bicyclic) bond motifs is 1. The Balaban J connectivity index is 2.41. The van der Waals surface area contributed by atoms with Crippen LogP contribution in [-0.2, 0) is 0 Å². The molecule has 0 aliphatic carbocycles. The van der Waals surface area contributed by atoms with Gasteiger partial charge in [0, 0.05) is 23.6 Å². The molecule has 1 aliphatic rings. The van der Waals surface area contributed by atoms with Crippen LogP contribution >= 0.6 is 0 Å². The Labute approximate surface area is 80.7 Å². The molecule has 2 N–H and O–H groups in total. The first-order valence-electron chi connectivity index (χ1n) is 4.49. The van der Waals surface area contributed by atoms with Crippen LogP contribution in [0, 0.1) is 0 Å². The van der Waals surface area contributed by atoms with E-state index in [-0.39, 0.29) is 11.6 Å². The van der Waals surface area contributed by atoms with Crippen molar-refractivity contribution in [1.29, 1.82) is 0 Å². The van der Waals surface area contributed by atoms with Crippen molar-refractivity contribution in [2.75, 3.05) is 6.61 Å². The quantitative estimate of drug-likeness (QED) is 0.753. The van der Waals surface area contributed by atoms with Crippen molar-refractivity contribution in [3.63, 3.8) is 0 Å². The van der Waals surface area contributed by atoms with Gasteiger partial charge in [-0.3, -0.25) is 0 Å². The fourth-order valence-corrected chi connectivity index (χ4v) is 1.58. The van der Waals surface area contributed by atoms with Gasteiger partial charge in [-0.25, -0.2) is 8.78 Å². The average Bonchev–Trinajstić information content (AvgIpc) is 2.18. The molecular weight excluding hydrogens is 188 g/mol. The smallest absolute Gasteiger partial charge is 0.263 e. The van der Waals surface area contributed by atoms with E-state index in [1.54, 1.807) is 6.07 Å². The number of ether oxygens (including phenoxy) is 1. The molecule has 0 amide bonds. The van der Waals surface area contributed by atoms with Crippen LogP contribution in [0.5, 0.6) is 5.75 Å².